The van der Waals surface area contributed by atoms with Gasteiger partial charge in [0.05, 0.1) is 12.5 Å². The summed E-state index contributed by atoms with van der Waals surface area (Å²) in [5.41, 5.74) is 8.43. The molecule has 3 N–H and O–H groups in total. The molecule has 1 aromatic rings. The van der Waals surface area contributed by atoms with Crippen molar-refractivity contribution >= 4 is 23.3 Å². The summed E-state index contributed by atoms with van der Waals surface area (Å²) in [6, 6.07) is 0. The Morgan fingerprint density at radius 2 is 2.26 bits per heavy atom. The normalized spacial score (nSPS) is 20.1. The Kier molecular flexibility index (Phi) is 6.90. The highest BCUT2D eigenvalue weighted by Gasteiger charge is 2.29. The maximum absolute atomic E-state index is 12.1. The maximum Gasteiger partial charge on any atom is 0.310 e. The molecule has 0 radical (unpaired) electrons. The number of nitrogens with two attached hydrogens (primary N) is 1. The molecule has 1 aromatic heterocycles. The van der Waals surface area contributed by atoms with Crippen molar-refractivity contribution in [3.05, 3.63) is 18.0 Å². The molecule has 7 heteroatoms. The highest BCUT2D eigenvalue weighted by atomic mass is 16.5. The van der Waals surface area contributed by atoms with Gasteiger partial charge < -0.3 is 20.7 Å². The quantitative estimate of drug-likeness (QED) is 0.560. The molecule has 2 heterocycles. The second-order valence-corrected chi connectivity index (χ2v) is 7.28. The fraction of sp³-hybridized carbons (Fsp3) is 0.650. The highest BCUT2D eigenvalue weighted by Crippen LogP contribution is 2.30. The molecule has 1 atom stereocenters. The fourth-order valence-electron chi connectivity index (χ4n) is 3.87. The Hall–Kier alpha value is -2.31. The Morgan fingerprint density at radius 1 is 1.37 bits per heavy atom. The molecule has 1 aliphatic carbocycles. The van der Waals surface area contributed by atoms with E-state index in [1.807, 2.05) is 6.92 Å². The standard InChI is InChI=1S/C20H31N5O2/c1-2-27-20(26)16-9-6-12-25(13-16)19-17(21)18(23-14-24-19)22-11-10-15-7-4-3-5-8-15/h7,14,16H,2-6,8-13,21H2,1H3,(H,22,23,24). The molecule has 2 aliphatic rings. The number of esters is 1. The van der Waals surface area contributed by atoms with Gasteiger partial charge in [-0.1, -0.05) is 11.6 Å². The predicted molar refractivity (Wildman–Crippen MR) is 108 cm³/mol. The fourth-order valence-corrected chi connectivity index (χ4v) is 3.87. The largest absolute Gasteiger partial charge is 0.466 e. The van der Waals surface area contributed by atoms with Crippen molar-refractivity contribution in [2.45, 2.75) is 51.9 Å². The van der Waals surface area contributed by atoms with E-state index in [0.29, 0.717) is 30.5 Å². The third kappa shape index (κ3) is 5.11. The summed E-state index contributed by atoms with van der Waals surface area (Å²) in [6.07, 6.45) is 11.7. The van der Waals surface area contributed by atoms with Gasteiger partial charge in [0.1, 0.15) is 12.0 Å². The Morgan fingerprint density at radius 3 is 3.04 bits per heavy atom. The van der Waals surface area contributed by atoms with Crippen molar-refractivity contribution in [2.24, 2.45) is 5.92 Å². The number of aromatic nitrogens is 2. The molecule has 7 nitrogen and oxygen atoms in total. The summed E-state index contributed by atoms with van der Waals surface area (Å²) >= 11 is 0. The van der Waals surface area contributed by atoms with E-state index in [2.05, 4.69) is 26.3 Å². The molecule has 1 fully saturated rings. The summed E-state index contributed by atoms with van der Waals surface area (Å²) in [6.45, 7) is 4.49. The van der Waals surface area contributed by atoms with Gasteiger partial charge in [0.25, 0.3) is 0 Å². The SMILES string of the molecule is CCOC(=O)C1CCCN(c2ncnc(NCCC3=CCCCC3)c2N)C1. The summed E-state index contributed by atoms with van der Waals surface area (Å²) in [5.74, 6) is 1.13. The first kappa shape index (κ1) is 19.5. The van der Waals surface area contributed by atoms with Crippen molar-refractivity contribution in [3.8, 4) is 0 Å². The molecule has 0 saturated carbocycles. The molecule has 0 bridgehead atoms. The number of nitrogens with zero attached hydrogens (tertiary/aromatic N) is 3. The van der Waals surface area contributed by atoms with E-state index in [4.69, 9.17) is 10.5 Å². The number of allylic oxidation sites excluding steroid dienone is 1. The van der Waals surface area contributed by atoms with Crippen LogP contribution in [0.1, 0.15) is 51.9 Å². The monoisotopic (exact) mass is 373 g/mol. The number of carbonyl (C=O) groups excluding carboxylic acids is 1. The topological polar surface area (TPSA) is 93.4 Å². The third-order valence-corrected chi connectivity index (χ3v) is 5.33. The number of ether oxygens (including phenoxy) is 1. The number of carbonyl (C=O) groups is 1. The lowest BCUT2D eigenvalue weighted by molar-refractivity contribution is -0.148. The first-order chi connectivity index (χ1) is 13.2. The average Bonchev–Trinajstić information content (AvgIpc) is 2.70. The summed E-state index contributed by atoms with van der Waals surface area (Å²) < 4.78 is 5.18. The predicted octanol–water partition coefficient (Wildman–Crippen LogP) is 3.14. The lowest BCUT2D eigenvalue weighted by Gasteiger charge is -2.33. The van der Waals surface area contributed by atoms with Crippen LogP contribution in [0.3, 0.4) is 0 Å². The minimum absolute atomic E-state index is 0.122. The number of anilines is 3. The molecule has 0 amide bonds. The minimum atomic E-state index is -0.131. The molecule has 1 aliphatic heterocycles. The van der Waals surface area contributed by atoms with Crippen LogP contribution in [-0.2, 0) is 9.53 Å². The molecule has 27 heavy (non-hydrogen) atoms. The second kappa shape index (κ2) is 9.58. The van der Waals surface area contributed by atoms with Gasteiger partial charge in [0.15, 0.2) is 11.6 Å². The van der Waals surface area contributed by atoms with Gasteiger partial charge in [-0.15, -0.1) is 0 Å². The molecule has 148 valence electrons. The van der Waals surface area contributed by atoms with Gasteiger partial charge in [0, 0.05) is 19.6 Å². The van der Waals surface area contributed by atoms with Crippen LogP contribution in [0.2, 0.25) is 0 Å². The third-order valence-electron chi connectivity index (χ3n) is 5.33. The van der Waals surface area contributed by atoms with Crippen LogP contribution in [0, 0.1) is 5.92 Å². The van der Waals surface area contributed by atoms with E-state index in [1.165, 1.54) is 31.3 Å². The number of hydrogen-bond acceptors (Lipinski definition) is 7. The molecular weight excluding hydrogens is 342 g/mol. The van der Waals surface area contributed by atoms with E-state index in [1.54, 1.807) is 6.33 Å². The number of nitrogen functional groups attached to an aromatic ring is 1. The summed E-state index contributed by atoms with van der Waals surface area (Å²) in [4.78, 5) is 22.9. The first-order valence-corrected chi connectivity index (χ1v) is 10.1. The zero-order chi connectivity index (χ0) is 19.1. The second-order valence-electron chi connectivity index (χ2n) is 7.28. The van der Waals surface area contributed by atoms with E-state index in [-0.39, 0.29) is 11.9 Å². The van der Waals surface area contributed by atoms with Crippen LogP contribution >= 0.6 is 0 Å². The van der Waals surface area contributed by atoms with Crippen molar-refractivity contribution in [1.82, 2.24) is 9.97 Å². The smallest absolute Gasteiger partial charge is 0.310 e. The Labute approximate surface area is 161 Å². The van der Waals surface area contributed by atoms with Crippen LogP contribution in [0.25, 0.3) is 0 Å². The summed E-state index contributed by atoms with van der Waals surface area (Å²) in [7, 11) is 0. The van der Waals surface area contributed by atoms with Crippen LogP contribution in [0.4, 0.5) is 17.3 Å². The Bertz CT molecular complexity index is 676. The molecule has 0 aromatic carbocycles. The van der Waals surface area contributed by atoms with Gasteiger partial charge in [0.2, 0.25) is 0 Å². The van der Waals surface area contributed by atoms with Crippen molar-refractivity contribution < 1.29 is 9.53 Å². The number of piperidine rings is 1. The molecule has 0 spiro atoms. The van der Waals surface area contributed by atoms with Gasteiger partial charge in [-0.3, -0.25) is 4.79 Å². The van der Waals surface area contributed by atoms with Gasteiger partial charge >= 0.3 is 5.97 Å². The van der Waals surface area contributed by atoms with Crippen LogP contribution < -0.4 is 16.0 Å². The zero-order valence-corrected chi connectivity index (χ0v) is 16.2. The summed E-state index contributed by atoms with van der Waals surface area (Å²) in [5, 5.41) is 3.36. The lowest BCUT2D eigenvalue weighted by atomic mass is 9.97. The van der Waals surface area contributed by atoms with E-state index in [9.17, 15) is 4.79 Å². The van der Waals surface area contributed by atoms with Gasteiger partial charge in [-0.2, -0.15) is 0 Å². The van der Waals surface area contributed by atoms with Crippen LogP contribution in [-0.4, -0.2) is 42.2 Å². The maximum atomic E-state index is 12.1. The van der Waals surface area contributed by atoms with Crippen molar-refractivity contribution in [3.63, 3.8) is 0 Å². The van der Waals surface area contributed by atoms with Gasteiger partial charge in [-0.05, 0) is 51.9 Å². The highest BCUT2D eigenvalue weighted by molar-refractivity contribution is 5.77. The van der Waals surface area contributed by atoms with E-state index < -0.39 is 0 Å². The first-order valence-electron chi connectivity index (χ1n) is 10.1. The average molecular weight is 374 g/mol. The number of nitrogens with one attached hydrogen (secondary N) is 1. The van der Waals surface area contributed by atoms with Crippen molar-refractivity contribution in [1.29, 1.82) is 0 Å². The van der Waals surface area contributed by atoms with Crippen LogP contribution in [0.5, 0.6) is 0 Å². The molecule has 1 saturated heterocycles. The Balaban J connectivity index is 1.61. The van der Waals surface area contributed by atoms with Gasteiger partial charge in [-0.25, -0.2) is 9.97 Å². The molecular formula is C20H31N5O2. The number of rotatable bonds is 7. The minimum Gasteiger partial charge on any atom is -0.466 e. The van der Waals surface area contributed by atoms with Crippen LogP contribution in [0.15, 0.2) is 18.0 Å². The lowest BCUT2D eigenvalue weighted by Crippen LogP contribution is -2.40. The number of hydrogen-bond donors (Lipinski definition) is 2. The molecule has 3 rings (SSSR count). The van der Waals surface area contributed by atoms with E-state index >= 15 is 0 Å². The molecule has 1 unspecified atom stereocenters. The zero-order valence-electron chi connectivity index (χ0n) is 16.2. The van der Waals surface area contributed by atoms with E-state index in [0.717, 1.165) is 32.4 Å². The van der Waals surface area contributed by atoms with Crippen molar-refractivity contribution in [2.75, 3.05) is 42.2 Å².